The van der Waals surface area contributed by atoms with E-state index in [1.165, 1.54) is 23.3 Å². The number of anilines is 1. The summed E-state index contributed by atoms with van der Waals surface area (Å²) in [6.07, 6.45) is 0. The maximum Gasteiger partial charge on any atom is 0.387 e. The van der Waals surface area contributed by atoms with E-state index < -0.39 is 6.61 Å². The van der Waals surface area contributed by atoms with Gasteiger partial charge in [0, 0.05) is 18.2 Å². The predicted octanol–water partition coefficient (Wildman–Crippen LogP) is 5.41. The van der Waals surface area contributed by atoms with Crippen molar-refractivity contribution in [2.45, 2.75) is 12.5 Å². The summed E-state index contributed by atoms with van der Waals surface area (Å²) in [6, 6.07) is 26.6. The molecule has 28 heavy (non-hydrogen) atoms. The van der Waals surface area contributed by atoms with Gasteiger partial charge in [-0.25, -0.2) is 0 Å². The minimum atomic E-state index is -2.84. The Morgan fingerprint density at radius 1 is 0.821 bits per heavy atom. The van der Waals surface area contributed by atoms with Crippen molar-refractivity contribution < 1.29 is 13.5 Å². The van der Waals surface area contributed by atoms with Gasteiger partial charge in [-0.05, 0) is 47.6 Å². The van der Waals surface area contributed by atoms with Gasteiger partial charge in [0.25, 0.3) is 0 Å². The lowest BCUT2D eigenvalue weighted by Gasteiger charge is -2.20. The highest BCUT2D eigenvalue weighted by molar-refractivity contribution is 7.80. The summed E-state index contributed by atoms with van der Waals surface area (Å²) >= 11 is 5.38. The molecule has 0 fully saturated rings. The average molecular weight is 398 g/mol. The number of alkyl halides is 2. The van der Waals surface area contributed by atoms with Crippen molar-refractivity contribution in [3.05, 3.63) is 96.1 Å². The molecule has 3 nitrogen and oxygen atoms in total. The van der Waals surface area contributed by atoms with Crippen LogP contribution in [0.3, 0.4) is 0 Å². The fourth-order valence-corrected chi connectivity index (χ4v) is 3.09. The van der Waals surface area contributed by atoms with Gasteiger partial charge in [0.05, 0.1) is 0 Å². The van der Waals surface area contributed by atoms with Crippen LogP contribution in [0, 0.1) is 0 Å². The molecule has 0 aliphatic carbocycles. The van der Waals surface area contributed by atoms with Gasteiger partial charge in [0.1, 0.15) is 5.75 Å². The molecule has 0 atom stereocenters. The third kappa shape index (κ3) is 5.76. The summed E-state index contributed by atoms with van der Waals surface area (Å²) in [6.45, 7) is -2.22. The van der Waals surface area contributed by atoms with E-state index in [2.05, 4.69) is 39.6 Å². The first kappa shape index (κ1) is 19.8. The number of thiocarbonyl (C=S) groups is 1. The van der Waals surface area contributed by atoms with Crippen LogP contribution in [0.2, 0.25) is 0 Å². The first-order valence-electron chi connectivity index (χ1n) is 8.81. The van der Waals surface area contributed by atoms with Crippen LogP contribution in [0.4, 0.5) is 14.5 Å². The number of benzene rings is 3. The number of hydrogen-bond donors (Lipinski definition) is 2. The second-order valence-electron chi connectivity index (χ2n) is 6.11. The van der Waals surface area contributed by atoms with Gasteiger partial charge in [0.2, 0.25) is 0 Å². The van der Waals surface area contributed by atoms with Crippen LogP contribution in [0.5, 0.6) is 5.75 Å². The fourth-order valence-electron chi connectivity index (χ4n) is 2.89. The number of nitrogens with one attached hydrogen (secondary N) is 2. The van der Waals surface area contributed by atoms with Crippen molar-refractivity contribution in [3.63, 3.8) is 0 Å². The summed E-state index contributed by atoms with van der Waals surface area (Å²) < 4.78 is 28.8. The molecule has 144 valence electrons. The Bertz CT molecular complexity index is 835. The molecule has 3 rings (SSSR count). The van der Waals surface area contributed by atoms with E-state index in [1.54, 1.807) is 12.1 Å². The first-order valence-corrected chi connectivity index (χ1v) is 9.22. The Hall–Kier alpha value is -2.99. The molecule has 0 heterocycles. The zero-order chi connectivity index (χ0) is 19.8. The van der Waals surface area contributed by atoms with E-state index in [-0.39, 0.29) is 11.7 Å². The highest BCUT2D eigenvalue weighted by Crippen LogP contribution is 2.24. The van der Waals surface area contributed by atoms with Crippen molar-refractivity contribution in [2.24, 2.45) is 0 Å². The molecule has 6 heteroatoms. The van der Waals surface area contributed by atoms with Gasteiger partial charge < -0.3 is 15.4 Å². The molecule has 0 aromatic heterocycles. The van der Waals surface area contributed by atoms with Crippen molar-refractivity contribution >= 4 is 23.0 Å². The van der Waals surface area contributed by atoms with E-state index >= 15 is 0 Å². The molecule has 0 saturated heterocycles. The number of ether oxygens (including phenoxy) is 1. The van der Waals surface area contributed by atoms with Crippen LogP contribution in [0.25, 0.3) is 0 Å². The van der Waals surface area contributed by atoms with Gasteiger partial charge in [-0.15, -0.1) is 0 Å². The summed E-state index contributed by atoms with van der Waals surface area (Å²) in [4.78, 5) is 0. The smallest absolute Gasteiger partial charge is 0.387 e. The zero-order valence-corrected chi connectivity index (χ0v) is 15.8. The Kier molecular flexibility index (Phi) is 6.92. The van der Waals surface area contributed by atoms with Crippen LogP contribution < -0.4 is 15.4 Å². The first-order chi connectivity index (χ1) is 13.6. The van der Waals surface area contributed by atoms with Crippen LogP contribution in [0.15, 0.2) is 84.9 Å². The summed E-state index contributed by atoms with van der Waals surface area (Å²) in [5.74, 6) is 0.247. The molecule has 0 amide bonds. The number of rotatable bonds is 7. The SMILES string of the molecule is FC(F)Oc1ccc(NC(=S)NCC(c2ccccc2)c2ccccc2)cc1. The summed E-state index contributed by atoms with van der Waals surface area (Å²) in [5.41, 5.74) is 3.07. The minimum Gasteiger partial charge on any atom is -0.435 e. The maximum atomic E-state index is 12.2. The van der Waals surface area contributed by atoms with Gasteiger partial charge in [-0.3, -0.25) is 0 Å². The molecule has 0 bridgehead atoms. The minimum absolute atomic E-state index is 0.104. The lowest BCUT2D eigenvalue weighted by Crippen LogP contribution is -2.32. The van der Waals surface area contributed by atoms with E-state index in [9.17, 15) is 8.78 Å². The van der Waals surface area contributed by atoms with Crippen molar-refractivity contribution in [1.29, 1.82) is 0 Å². The highest BCUT2D eigenvalue weighted by atomic mass is 32.1. The van der Waals surface area contributed by atoms with E-state index in [4.69, 9.17) is 12.2 Å². The zero-order valence-electron chi connectivity index (χ0n) is 15.0. The largest absolute Gasteiger partial charge is 0.435 e. The molecule has 3 aromatic rings. The normalized spacial score (nSPS) is 10.7. The lowest BCUT2D eigenvalue weighted by molar-refractivity contribution is -0.0498. The molecule has 3 aromatic carbocycles. The van der Waals surface area contributed by atoms with Crippen LogP contribution >= 0.6 is 12.2 Å². The van der Waals surface area contributed by atoms with Gasteiger partial charge in [-0.2, -0.15) is 8.78 Å². The van der Waals surface area contributed by atoms with E-state index in [0.717, 1.165) is 0 Å². The van der Waals surface area contributed by atoms with Gasteiger partial charge >= 0.3 is 6.61 Å². The Balaban J connectivity index is 1.62. The number of halogens is 2. The topological polar surface area (TPSA) is 33.3 Å². The Labute approximate surface area is 168 Å². The second-order valence-corrected chi connectivity index (χ2v) is 6.52. The lowest BCUT2D eigenvalue weighted by atomic mass is 9.91. The molecule has 0 aliphatic heterocycles. The average Bonchev–Trinajstić information content (AvgIpc) is 2.71. The quantitative estimate of drug-likeness (QED) is 0.522. The van der Waals surface area contributed by atoms with E-state index in [1.807, 2.05) is 36.4 Å². The van der Waals surface area contributed by atoms with Gasteiger partial charge in [0.15, 0.2) is 5.11 Å². The van der Waals surface area contributed by atoms with Crippen molar-refractivity contribution in [3.8, 4) is 5.75 Å². The molecule has 0 saturated carbocycles. The Morgan fingerprint density at radius 2 is 1.36 bits per heavy atom. The second kappa shape index (κ2) is 9.80. The highest BCUT2D eigenvalue weighted by Gasteiger charge is 2.14. The van der Waals surface area contributed by atoms with Crippen molar-refractivity contribution in [2.75, 3.05) is 11.9 Å². The molecular formula is C22H20F2N2OS. The van der Waals surface area contributed by atoms with Crippen LogP contribution in [-0.2, 0) is 0 Å². The van der Waals surface area contributed by atoms with E-state index in [0.29, 0.717) is 17.3 Å². The van der Waals surface area contributed by atoms with Gasteiger partial charge in [-0.1, -0.05) is 60.7 Å². The molecule has 0 unspecified atom stereocenters. The number of hydrogen-bond acceptors (Lipinski definition) is 2. The molecule has 2 N–H and O–H groups in total. The maximum absolute atomic E-state index is 12.2. The fraction of sp³-hybridized carbons (Fsp3) is 0.136. The summed E-state index contributed by atoms with van der Waals surface area (Å²) in [7, 11) is 0. The molecular weight excluding hydrogens is 378 g/mol. The molecule has 0 aliphatic rings. The van der Waals surface area contributed by atoms with Crippen LogP contribution in [0.1, 0.15) is 17.0 Å². The summed E-state index contributed by atoms with van der Waals surface area (Å²) in [5, 5.41) is 6.76. The van der Waals surface area contributed by atoms with Crippen molar-refractivity contribution in [1.82, 2.24) is 5.32 Å². The third-order valence-corrected chi connectivity index (χ3v) is 4.45. The standard InChI is InChI=1S/C22H20F2N2OS/c23-21(24)27-19-13-11-18(12-14-19)26-22(28)25-15-20(16-7-3-1-4-8-16)17-9-5-2-6-10-17/h1-14,20-21H,15H2,(H2,25,26,28). The van der Waals surface area contributed by atoms with Crippen LogP contribution in [-0.4, -0.2) is 18.3 Å². The molecule has 0 radical (unpaired) electrons. The monoisotopic (exact) mass is 398 g/mol. The molecule has 0 spiro atoms. The predicted molar refractivity (Wildman–Crippen MR) is 112 cm³/mol. The third-order valence-electron chi connectivity index (χ3n) is 4.21. The Morgan fingerprint density at radius 3 is 1.86 bits per heavy atom.